The second-order valence-electron chi connectivity index (χ2n) is 4.81. The molecule has 1 saturated heterocycles. The molecule has 0 bridgehead atoms. The fourth-order valence-electron chi connectivity index (χ4n) is 2.21. The summed E-state index contributed by atoms with van der Waals surface area (Å²) in [5.41, 5.74) is 7.77. The normalized spacial score (nSPS) is 17.0. The number of benzene rings is 1. The molecule has 1 aliphatic heterocycles. The number of fused-ring (bicyclic) bond motifs is 1. The zero-order valence-corrected chi connectivity index (χ0v) is 10.8. The Morgan fingerprint density at radius 1 is 1.37 bits per heavy atom. The van der Waals surface area contributed by atoms with Crippen molar-refractivity contribution in [2.45, 2.75) is 6.42 Å². The second kappa shape index (κ2) is 4.46. The minimum Gasteiger partial charge on any atom is -0.423 e. The van der Waals surface area contributed by atoms with Crippen molar-refractivity contribution in [1.82, 2.24) is 9.88 Å². The van der Waals surface area contributed by atoms with E-state index in [1.54, 1.807) is 17.0 Å². The van der Waals surface area contributed by atoms with Crippen molar-refractivity contribution >= 4 is 28.7 Å². The summed E-state index contributed by atoms with van der Waals surface area (Å²) in [6, 6.07) is 5.85. The average molecular weight is 260 g/mol. The quantitative estimate of drug-likeness (QED) is 0.776. The van der Waals surface area contributed by atoms with Gasteiger partial charge in [-0.3, -0.25) is 4.79 Å². The van der Waals surface area contributed by atoms with Gasteiger partial charge in [0, 0.05) is 31.9 Å². The van der Waals surface area contributed by atoms with Gasteiger partial charge >= 0.3 is 0 Å². The fourth-order valence-corrected chi connectivity index (χ4v) is 2.21. The lowest BCUT2D eigenvalue weighted by Gasteiger charge is -2.16. The number of nitrogens with two attached hydrogens (primary N) is 1. The van der Waals surface area contributed by atoms with Crippen LogP contribution in [0.4, 0.5) is 11.7 Å². The molecule has 1 aromatic heterocycles. The Labute approximate surface area is 110 Å². The number of oxazole rings is 1. The fraction of sp³-hybridized carbons (Fsp3) is 0.385. The first-order valence-electron chi connectivity index (χ1n) is 6.28. The molecule has 3 rings (SSSR count). The molecule has 0 spiro atoms. The Bertz CT molecular complexity index is 622. The van der Waals surface area contributed by atoms with E-state index in [1.165, 1.54) is 0 Å². The first-order chi connectivity index (χ1) is 9.13. The highest BCUT2D eigenvalue weighted by Gasteiger charge is 2.22. The van der Waals surface area contributed by atoms with Crippen molar-refractivity contribution in [1.29, 1.82) is 0 Å². The molecule has 0 unspecified atom stereocenters. The molecule has 2 N–H and O–H groups in total. The lowest BCUT2D eigenvalue weighted by molar-refractivity contribution is -0.127. The third-order valence-corrected chi connectivity index (χ3v) is 3.35. The number of aromatic nitrogens is 1. The van der Waals surface area contributed by atoms with E-state index < -0.39 is 0 Å². The van der Waals surface area contributed by atoms with Crippen LogP contribution < -0.4 is 10.6 Å². The Morgan fingerprint density at radius 2 is 2.21 bits per heavy atom. The molecule has 2 heterocycles. The minimum absolute atomic E-state index is 0.0827. The minimum atomic E-state index is 0.0827. The van der Waals surface area contributed by atoms with Crippen LogP contribution in [0.25, 0.3) is 11.1 Å². The van der Waals surface area contributed by atoms with Crippen molar-refractivity contribution < 1.29 is 9.21 Å². The Morgan fingerprint density at radius 3 is 3.05 bits per heavy atom. The summed E-state index contributed by atoms with van der Waals surface area (Å²) in [6.07, 6.45) is 0.906. The number of anilines is 2. The van der Waals surface area contributed by atoms with Gasteiger partial charge in [0.05, 0.1) is 0 Å². The standard InChI is InChI=1S/C13H16N4O2/c1-16-5-2-6-17(8-12(16)18)13-15-10-4-3-9(14)7-11(10)19-13/h3-4,7H,2,5-6,8,14H2,1H3. The molecule has 1 fully saturated rings. The van der Waals surface area contributed by atoms with Crippen LogP contribution in [0.5, 0.6) is 0 Å². The van der Waals surface area contributed by atoms with E-state index in [0.29, 0.717) is 23.8 Å². The number of likely N-dealkylation sites (N-methyl/N-ethyl adjacent to an activating group) is 1. The van der Waals surface area contributed by atoms with Gasteiger partial charge in [-0.2, -0.15) is 4.98 Å². The molecule has 6 nitrogen and oxygen atoms in total. The van der Waals surface area contributed by atoms with E-state index in [4.69, 9.17) is 10.2 Å². The third-order valence-electron chi connectivity index (χ3n) is 3.35. The molecule has 1 aromatic carbocycles. The number of carbonyl (C=O) groups excluding carboxylic acids is 1. The van der Waals surface area contributed by atoms with E-state index >= 15 is 0 Å². The Kier molecular flexibility index (Phi) is 2.77. The molecule has 100 valence electrons. The average Bonchev–Trinajstić information content (AvgIpc) is 2.72. The van der Waals surface area contributed by atoms with Gasteiger partial charge in [-0.05, 0) is 18.6 Å². The summed E-state index contributed by atoms with van der Waals surface area (Å²) in [7, 11) is 1.82. The molecule has 1 aliphatic rings. The highest BCUT2D eigenvalue weighted by atomic mass is 16.4. The van der Waals surface area contributed by atoms with E-state index in [-0.39, 0.29) is 5.91 Å². The zero-order valence-electron chi connectivity index (χ0n) is 10.8. The summed E-state index contributed by atoms with van der Waals surface area (Å²) in [5.74, 6) is 0.0827. The molecule has 0 aliphatic carbocycles. The Balaban J connectivity index is 1.92. The molecular weight excluding hydrogens is 244 g/mol. The van der Waals surface area contributed by atoms with Crippen molar-refractivity contribution in [3.8, 4) is 0 Å². The highest BCUT2D eigenvalue weighted by molar-refractivity contribution is 5.82. The van der Waals surface area contributed by atoms with Crippen LogP contribution in [-0.2, 0) is 4.79 Å². The molecule has 0 radical (unpaired) electrons. The van der Waals surface area contributed by atoms with Crippen LogP contribution in [0, 0.1) is 0 Å². The number of nitrogen functional groups attached to an aromatic ring is 1. The Hall–Kier alpha value is -2.24. The molecule has 1 amide bonds. The maximum Gasteiger partial charge on any atom is 0.298 e. The van der Waals surface area contributed by atoms with Crippen LogP contribution in [-0.4, -0.2) is 42.5 Å². The van der Waals surface area contributed by atoms with Crippen LogP contribution >= 0.6 is 0 Å². The maximum atomic E-state index is 11.9. The number of carbonyl (C=O) groups is 1. The predicted octanol–water partition coefficient (Wildman–Crippen LogP) is 1.08. The lowest BCUT2D eigenvalue weighted by Crippen LogP contribution is -2.34. The van der Waals surface area contributed by atoms with Gasteiger partial charge in [0.2, 0.25) is 5.91 Å². The predicted molar refractivity (Wildman–Crippen MR) is 72.9 cm³/mol. The second-order valence-corrected chi connectivity index (χ2v) is 4.81. The van der Waals surface area contributed by atoms with Crippen molar-refractivity contribution in [2.75, 3.05) is 37.3 Å². The number of hydrogen-bond donors (Lipinski definition) is 1. The molecule has 19 heavy (non-hydrogen) atoms. The van der Waals surface area contributed by atoms with Crippen LogP contribution in [0.3, 0.4) is 0 Å². The summed E-state index contributed by atoms with van der Waals surface area (Å²) < 4.78 is 5.69. The summed E-state index contributed by atoms with van der Waals surface area (Å²) >= 11 is 0. The summed E-state index contributed by atoms with van der Waals surface area (Å²) in [4.78, 5) is 19.9. The largest absolute Gasteiger partial charge is 0.423 e. The van der Waals surface area contributed by atoms with Crippen molar-refractivity contribution in [2.24, 2.45) is 0 Å². The number of hydrogen-bond acceptors (Lipinski definition) is 5. The molecule has 2 aromatic rings. The molecule has 6 heteroatoms. The lowest BCUT2D eigenvalue weighted by atomic mass is 10.3. The van der Waals surface area contributed by atoms with E-state index in [1.807, 2.05) is 18.0 Å². The SMILES string of the molecule is CN1CCCN(c2nc3ccc(N)cc3o2)CC1=O. The van der Waals surface area contributed by atoms with Gasteiger partial charge in [-0.25, -0.2) is 0 Å². The third kappa shape index (κ3) is 2.21. The summed E-state index contributed by atoms with van der Waals surface area (Å²) in [6.45, 7) is 1.83. The van der Waals surface area contributed by atoms with Crippen molar-refractivity contribution in [3.63, 3.8) is 0 Å². The smallest absolute Gasteiger partial charge is 0.298 e. The van der Waals surface area contributed by atoms with Gasteiger partial charge in [0.15, 0.2) is 5.58 Å². The van der Waals surface area contributed by atoms with Gasteiger partial charge in [0.1, 0.15) is 12.1 Å². The highest BCUT2D eigenvalue weighted by Crippen LogP contribution is 2.24. The van der Waals surface area contributed by atoms with E-state index in [2.05, 4.69) is 4.98 Å². The molecule has 0 saturated carbocycles. The first-order valence-corrected chi connectivity index (χ1v) is 6.28. The first kappa shape index (κ1) is 11.8. The number of rotatable bonds is 1. The van der Waals surface area contributed by atoms with Gasteiger partial charge in [-0.1, -0.05) is 0 Å². The topological polar surface area (TPSA) is 75.6 Å². The number of nitrogens with zero attached hydrogens (tertiary/aromatic N) is 3. The van der Waals surface area contributed by atoms with Gasteiger partial charge in [-0.15, -0.1) is 0 Å². The summed E-state index contributed by atoms with van der Waals surface area (Å²) in [5, 5.41) is 0. The maximum absolute atomic E-state index is 11.9. The zero-order chi connectivity index (χ0) is 13.4. The number of amides is 1. The monoisotopic (exact) mass is 260 g/mol. The van der Waals surface area contributed by atoms with Crippen LogP contribution in [0.15, 0.2) is 22.6 Å². The van der Waals surface area contributed by atoms with Gasteiger partial charge in [0.25, 0.3) is 6.01 Å². The van der Waals surface area contributed by atoms with Crippen LogP contribution in [0.2, 0.25) is 0 Å². The van der Waals surface area contributed by atoms with E-state index in [0.717, 1.165) is 25.0 Å². The van der Waals surface area contributed by atoms with Crippen LogP contribution in [0.1, 0.15) is 6.42 Å². The van der Waals surface area contributed by atoms with Crippen molar-refractivity contribution in [3.05, 3.63) is 18.2 Å². The van der Waals surface area contributed by atoms with Gasteiger partial charge < -0.3 is 20.0 Å². The van der Waals surface area contributed by atoms with E-state index in [9.17, 15) is 4.79 Å². The molecular formula is C13H16N4O2. The molecule has 0 atom stereocenters.